The normalized spacial score (nSPS) is 10.1. The molecule has 0 atom stereocenters. The van der Waals surface area contributed by atoms with E-state index < -0.39 is 0 Å². The Kier molecular flexibility index (Phi) is 2.84. The standard InChI is InChI=1S/C9H12N3.Ir/c1-7-4-9-10-11(3)6-12(9)5-8(7)2;/h4-6H,1-3H3;/q+1;. The molecule has 0 amide bonds. The maximum atomic E-state index is 4.29. The second kappa shape index (κ2) is 3.56. The fraction of sp³-hybridized carbons (Fsp3) is 0.333. The molecular weight excluding hydrogens is 342 g/mol. The number of pyridine rings is 1. The molecule has 0 N–H and O–H groups in total. The molecule has 0 aliphatic carbocycles. The van der Waals surface area contributed by atoms with Crippen molar-refractivity contribution in [3.05, 3.63) is 29.7 Å². The largest absolute Gasteiger partial charge is 0.263 e. The first-order valence-corrected chi connectivity index (χ1v) is 3.99. The molecule has 0 saturated carbocycles. The van der Waals surface area contributed by atoms with Gasteiger partial charge in [0.2, 0.25) is 6.33 Å². The van der Waals surface area contributed by atoms with E-state index in [1.54, 1.807) is 0 Å². The molecular formula is C9H12IrN3+. The molecule has 4 heteroatoms. The van der Waals surface area contributed by atoms with Gasteiger partial charge >= 0.3 is 0 Å². The number of fused-ring (bicyclic) bond motifs is 1. The number of rotatable bonds is 0. The van der Waals surface area contributed by atoms with Crippen molar-refractivity contribution in [3.63, 3.8) is 0 Å². The van der Waals surface area contributed by atoms with Gasteiger partial charge in [-0.3, -0.25) is 0 Å². The van der Waals surface area contributed by atoms with E-state index in [1.165, 1.54) is 11.1 Å². The molecule has 2 aromatic heterocycles. The van der Waals surface area contributed by atoms with Crippen LogP contribution in [0.25, 0.3) is 5.65 Å². The molecule has 2 heterocycles. The van der Waals surface area contributed by atoms with Crippen LogP contribution in [0.4, 0.5) is 0 Å². The number of hydrogen-bond donors (Lipinski definition) is 0. The van der Waals surface area contributed by atoms with Crippen LogP contribution in [0, 0.1) is 13.8 Å². The van der Waals surface area contributed by atoms with E-state index in [0.29, 0.717) is 0 Å². The Hall–Kier alpha value is -0.731. The number of hydrogen-bond acceptors (Lipinski definition) is 1. The minimum atomic E-state index is 0. The molecule has 13 heavy (non-hydrogen) atoms. The second-order valence-electron chi connectivity index (χ2n) is 3.19. The van der Waals surface area contributed by atoms with Crippen LogP contribution in [-0.4, -0.2) is 14.2 Å². The number of aryl methyl sites for hydroxylation is 3. The third-order valence-electron chi connectivity index (χ3n) is 2.12. The minimum absolute atomic E-state index is 0. The van der Waals surface area contributed by atoms with Crippen LogP contribution in [-0.2, 0) is 27.2 Å². The first-order chi connectivity index (χ1) is 5.66. The minimum Gasteiger partial charge on any atom is -0.189 e. The quantitative estimate of drug-likeness (QED) is 0.659. The molecule has 0 aromatic carbocycles. The molecule has 0 bridgehead atoms. The van der Waals surface area contributed by atoms with E-state index in [1.807, 2.05) is 22.5 Å². The maximum Gasteiger partial charge on any atom is 0.263 e. The molecule has 71 valence electrons. The van der Waals surface area contributed by atoms with Crippen LogP contribution in [0.1, 0.15) is 11.1 Å². The molecule has 0 unspecified atom stereocenters. The van der Waals surface area contributed by atoms with Crippen molar-refractivity contribution in [3.8, 4) is 0 Å². The monoisotopic (exact) mass is 355 g/mol. The third-order valence-corrected chi connectivity index (χ3v) is 2.12. The van der Waals surface area contributed by atoms with E-state index in [9.17, 15) is 0 Å². The second-order valence-corrected chi connectivity index (χ2v) is 3.19. The third kappa shape index (κ3) is 1.79. The Morgan fingerprint density at radius 2 is 2.00 bits per heavy atom. The van der Waals surface area contributed by atoms with Gasteiger partial charge in [-0.05, 0) is 19.4 Å². The summed E-state index contributed by atoms with van der Waals surface area (Å²) < 4.78 is 3.84. The van der Waals surface area contributed by atoms with Crippen LogP contribution in [0.2, 0.25) is 0 Å². The van der Waals surface area contributed by atoms with Crippen molar-refractivity contribution >= 4 is 5.65 Å². The Morgan fingerprint density at radius 3 is 2.69 bits per heavy atom. The summed E-state index contributed by atoms with van der Waals surface area (Å²) in [6.07, 6.45) is 4.06. The summed E-state index contributed by atoms with van der Waals surface area (Å²) in [4.78, 5) is 0. The smallest absolute Gasteiger partial charge is 0.189 e. The Balaban J connectivity index is 0.000000845. The van der Waals surface area contributed by atoms with Crippen LogP contribution in [0.5, 0.6) is 0 Å². The molecule has 0 aliphatic heterocycles. The topological polar surface area (TPSA) is 22.2 Å². The Labute approximate surface area is 90.7 Å². The summed E-state index contributed by atoms with van der Waals surface area (Å²) in [6, 6.07) is 2.09. The van der Waals surface area contributed by atoms with Gasteiger partial charge in [-0.25, -0.2) is 0 Å². The van der Waals surface area contributed by atoms with Gasteiger partial charge in [0.25, 0.3) is 5.65 Å². The fourth-order valence-electron chi connectivity index (χ4n) is 1.30. The summed E-state index contributed by atoms with van der Waals surface area (Å²) in [7, 11) is 1.93. The summed E-state index contributed by atoms with van der Waals surface area (Å²) in [5, 5.41) is 4.29. The summed E-state index contributed by atoms with van der Waals surface area (Å²) in [5.41, 5.74) is 3.58. The molecule has 0 saturated heterocycles. The molecule has 0 aliphatic rings. The maximum absolute atomic E-state index is 4.29. The predicted molar refractivity (Wildman–Crippen MR) is 48.0 cm³/mol. The van der Waals surface area contributed by atoms with Gasteiger partial charge in [0.15, 0.2) is 0 Å². The van der Waals surface area contributed by atoms with Crippen molar-refractivity contribution in [1.82, 2.24) is 14.2 Å². The Morgan fingerprint density at radius 1 is 1.31 bits per heavy atom. The van der Waals surface area contributed by atoms with Gasteiger partial charge < -0.3 is 0 Å². The SMILES string of the molecule is Cc1cc2nn(C)[cH+]n2cc1C.[Ir]. The first kappa shape index (κ1) is 10.4. The van der Waals surface area contributed by atoms with Gasteiger partial charge in [-0.15, -0.1) is 4.40 Å². The van der Waals surface area contributed by atoms with E-state index in [-0.39, 0.29) is 20.1 Å². The predicted octanol–water partition coefficient (Wildman–Crippen LogP) is 1.57. The van der Waals surface area contributed by atoms with Gasteiger partial charge in [0.05, 0.1) is 0 Å². The zero-order chi connectivity index (χ0) is 8.72. The van der Waals surface area contributed by atoms with Crippen molar-refractivity contribution in [1.29, 1.82) is 0 Å². The van der Waals surface area contributed by atoms with E-state index in [2.05, 4.69) is 31.2 Å². The van der Waals surface area contributed by atoms with Gasteiger partial charge in [0, 0.05) is 38.8 Å². The number of aromatic nitrogens is 3. The van der Waals surface area contributed by atoms with Crippen molar-refractivity contribution < 1.29 is 20.1 Å². The molecule has 2 rings (SSSR count). The molecule has 2 aromatic rings. The molecule has 3 nitrogen and oxygen atoms in total. The fourth-order valence-corrected chi connectivity index (χ4v) is 1.30. The average Bonchev–Trinajstić information content (AvgIpc) is 2.30. The summed E-state index contributed by atoms with van der Waals surface area (Å²) >= 11 is 0. The van der Waals surface area contributed by atoms with Crippen LogP contribution < -0.4 is 0 Å². The Bertz CT molecular complexity index is 395. The van der Waals surface area contributed by atoms with E-state index in [4.69, 9.17) is 0 Å². The summed E-state index contributed by atoms with van der Waals surface area (Å²) in [6.45, 7) is 4.21. The van der Waals surface area contributed by atoms with E-state index >= 15 is 0 Å². The van der Waals surface area contributed by atoms with Crippen LogP contribution in [0.3, 0.4) is 0 Å². The summed E-state index contributed by atoms with van der Waals surface area (Å²) in [5.74, 6) is 0. The number of nitrogens with zero attached hydrogens (tertiary/aromatic N) is 3. The zero-order valence-corrected chi connectivity index (χ0v) is 10.3. The van der Waals surface area contributed by atoms with Crippen molar-refractivity contribution in [2.45, 2.75) is 13.8 Å². The molecule has 1 radical (unpaired) electrons. The first-order valence-electron chi connectivity index (χ1n) is 3.99. The van der Waals surface area contributed by atoms with Crippen LogP contribution >= 0.6 is 0 Å². The molecule has 0 spiro atoms. The zero-order valence-electron chi connectivity index (χ0n) is 7.91. The van der Waals surface area contributed by atoms with Crippen LogP contribution in [0.15, 0.2) is 18.6 Å². The van der Waals surface area contributed by atoms with E-state index in [0.717, 1.165) is 5.65 Å². The van der Waals surface area contributed by atoms with Gasteiger partial charge in [-0.1, -0.05) is 5.10 Å². The van der Waals surface area contributed by atoms with Crippen molar-refractivity contribution in [2.24, 2.45) is 7.05 Å². The molecule has 0 fully saturated rings. The van der Waals surface area contributed by atoms with Gasteiger partial charge in [0.1, 0.15) is 6.20 Å². The average molecular weight is 354 g/mol. The van der Waals surface area contributed by atoms with Crippen molar-refractivity contribution in [2.75, 3.05) is 0 Å². The van der Waals surface area contributed by atoms with Gasteiger partial charge in [-0.2, -0.15) is 4.68 Å².